The molecule has 0 amide bonds. The highest BCUT2D eigenvalue weighted by Gasteiger charge is 2.43. The van der Waals surface area contributed by atoms with Crippen LogP contribution in [0.1, 0.15) is 10.6 Å². The molecule has 0 bridgehead atoms. The maximum absolute atomic E-state index is 9.24. The maximum Gasteiger partial charge on any atom is 0.155 e. The van der Waals surface area contributed by atoms with E-state index in [1.54, 1.807) is 11.3 Å². The first kappa shape index (κ1) is 11.4. The molecule has 1 aromatic carbocycles. The molecule has 3 nitrogen and oxygen atoms in total. The zero-order valence-electron chi connectivity index (χ0n) is 10.0. The lowest BCUT2D eigenvalue weighted by atomic mass is 9.89. The fourth-order valence-corrected chi connectivity index (χ4v) is 2.84. The summed E-state index contributed by atoms with van der Waals surface area (Å²) in [6.45, 7) is 2.99. The molecule has 18 heavy (non-hydrogen) atoms. The second-order valence-electron chi connectivity index (χ2n) is 4.59. The molecule has 0 N–H and O–H groups in total. The summed E-state index contributed by atoms with van der Waals surface area (Å²) in [5.74, 6) is 0. The molecule has 2 heterocycles. The third kappa shape index (κ3) is 1.72. The van der Waals surface area contributed by atoms with Gasteiger partial charge in [-0.05, 0) is 6.92 Å². The van der Waals surface area contributed by atoms with Crippen molar-refractivity contribution in [2.45, 2.75) is 12.3 Å². The predicted octanol–water partition coefficient (Wildman–Crippen LogP) is 2.91. The van der Waals surface area contributed by atoms with Crippen LogP contribution in [0.2, 0.25) is 0 Å². The lowest BCUT2D eigenvalue weighted by Gasteiger charge is -2.32. The number of ether oxygens (including phenoxy) is 1. The van der Waals surface area contributed by atoms with Gasteiger partial charge in [-0.15, -0.1) is 11.3 Å². The topological polar surface area (TPSA) is 45.9 Å². The fourth-order valence-electron chi connectivity index (χ4n) is 1.89. The van der Waals surface area contributed by atoms with Crippen molar-refractivity contribution in [3.8, 4) is 17.3 Å². The monoisotopic (exact) mass is 256 g/mol. The highest BCUT2D eigenvalue weighted by Crippen LogP contribution is 2.35. The van der Waals surface area contributed by atoms with Crippen LogP contribution in [0, 0.1) is 18.3 Å². The van der Waals surface area contributed by atoms with E-state index in [4.69, 9.17) is 4.74 Å². The molecule has 0 saturated carbocycles. The van der Waals surface area contributed by atoms with Crippen LogP contribution in [0.15, 0.2) is 29.6 Å². The first-order valence-electron chi connectivity index (χ1n) is 5.76. The molecule has 90 valence electrons. The second-order valence-corrected chi connectivity index (χ2v) is 5.45. The summed E-state index contributed by atoms with van der Waals surface area (Å²) in [5.41, 5.74) is 2.76. The van der Waals surface area contributed by atoms with Gasteiger partial charge in [0.2, 0.25) is 0 Å². The van der Waals surface area contributed by atoms with Crippen LogP contribution < -0.4 is 0 Å². The van der Waals surface area contributed by atoms with Crippen LogP contribution in [-0.2, 0) is 10.2 Å². The minimum atomic E-state index is -0.506. The van der Waals surface area contributed by atoms with E-state index in [2.05, 4.69) is 42.2 Å². The van der Waals surface area contributed by atoms with Crippen LogP contribution in [0.4, 0.5) is 0 Å². The van der Waals surface area contributed by atoms with Gasteiger partial charge in [0.1, 0.15) is 5.01 Å². The normalized spacial score (nSPS) is 16.9. The Balaban J connectivity index is 1.95. The van der Waals surface area contributed by atoms with Crippen molar-refractivity contribution >= 4 is 11.3 Å². The smallest absolute Gasteiger partial charge is 0.155 e. The summed E-state index contributed by atoms with van der Waals surface area (Å²) in [6, 6.07) is 10.6. The molecule has 1 aliphatic rings. The zero-order valence-corrected chi connectivity index (χ0v) is 10.8. The van der Waals surface area contributed by atoms with Crippen molar-refractivity contribution in [2.75, 3.05) is 13.2 Å². The predicted molar refractivity (Wildman–Crippen MR) is 70.4 cm³/mol. The van der Waals surface area contributed by atoms with Gasteiger partial charge in [-0.25, -0.2) is 4.98 Å². The number of aryl methyl sites for hydroxylation is 1. The van der Waals surface area contributed by atoms with E-state index in [1.165, 1.54) is 5.56 Å². The Hall–Kier alpha value is -1.70. The largest absolute Gasteiger partial charge is 0.377 e. The van der Waals surface area contributed by atoms with Crippen molar-refractivity contribution in [3.05, 3.63) is 40.2 Å². The first-order valence-corrected chi connectivity index (χ1v) is 6.63. The van der Waals surface area contributed by atoms with Crippen molar-refractivity contribution in [1.29, 1.82) is 5.26 Å². The number of hydrogen-bond acceptors (Lipinski definition) is 4. The van der Waals surface area contributed by atoms with Crippen molar-refractivity contribution in [3.63, 3.8) is 0 Å². The van der Waals surface area contributed by atoms with E-state index < -0.39 is 5.41 Å². The van der Waals surface area contributed by atoms with Crippen LogP contribution in [0.25, 0.3) is 11.3 Å². The molecule has 2 aromatic rings. The summed E-state index contributed by atoms with van der Waals surface area (Å²) in [5, 5.41) is 12.1. The minimum absolute atomic E-state index is 0.463. The molecular weight excluding hydrogens is 244 g/mol. The number of rotatable bonds is 2. The van der Waals surface area contributed by atoms with Crippen molar-refractivity contribution in [1.82, 2.24) is 4.98 Å². The van der Waals surface area contributed by atoms with Gasteiger partial charge >= 0.3 is 0 Å². The number of thiazole rings is 1. The summed E-state index contributed by atoms with van der Waals surface area (Å²) in [4.78, 5) is 4.59. The van der Waals surface area contributed by atoms with Gasteiger partial charge in [0.25, 0.3) is 0 Å². The third-order valence-electron chi connectivity index (χ3n) is 3.17. The third-order valence-corrected chi connectivity index (χ3v) is 4.22. The maximum atomic E-state index is 9.24. The van der Waals surface area contributed by atoms with Crippen LogP contribution in [0.3, 0.4) is 0 Å². The number of nitriles is 1. The summed E-state index contributed by atoms with van der Waals surface area (Å²) in [7, 11) is 0. The van der Waals surface area contributed by atoms with Crippen LogP contribution >= 0.6 is 11.3 Å². The summed E-state index contributed by atoms with van der Waals surface area (Å²) in [6.07, 6.45) is 0. The Bertz CT molecular complexity index is 605. The van der Waals surface area contributed by atoms with E-state index in [0.29, 0.717) is 13.2 Å². The van der Waals surface area contributed by atoms with E-state index in [1.807, 2.05) is 5.38 Å². The van der Waals surface area contributed by atoms with Gasteiger partial charge in [0, 0.05) is 10.9 Å². The molecule has 4 heteroatoms. The van der Waals surface area contributed by atoms with E-state index in [0.717, 1.165) is 16.3 Å². The van der Waals surface area contributed by atoms with Crippen molar-refractivity contribution < 1.29 is 4.74 Å². The molecule has 3 rings (SSSR count). The summed E-state index contributed by atoms with van der Waals surface area (Å²) >= 11 is 1.54. The number of nitrogens with zero attached hydrogens (tertiary/aromatic N) is 2. The quantitative estimate of drug-likeness (QED) is 0.830. The Morgan fingerprint density at radius 3 is 2.61 bits per heavy atom. The number of aromatic nitrogens is 1. The molecule has 0 radical (unpaired) electrons. The number of benzene rings is 1. The molecular formula is C14H12N2OS. The molecule has 0 unspecified atom stereocenters. The highest BCUT2D eigenvalue weighted by atomic mass is 32.1. The van der Waals surface area contributed by atoms with Gasteiger partial charge in [-0.3, -0.25) is 0 Å². The number of hydrogen-bond donors (Lipinski definition) is 0. The molecule has 1 fully saturated rings. The average molecular weight is 256 g/mol. The van der Waals surface area contributed by atoms with Gasteiger partial charge < -0.3 is 4.74 Å². The van der Waals surface area contributed by atoms with Gasteiger partial charge in [0.15, 0.2) is 5.41 Å². The lowest BCUT2D eigenvalue weighted by molar-refractivity contribution is -0.0298. The second kappa shape index (κ2) is 4.20. The molecule has 0 atom stereocenters. The molecule has 0 aliphatic carbocycles. The molecule has 0 spiro atoms. The average Bonchev–Trinajstić information content (AvgIpc) is 2.79. The van der Waals surface area contributed by atoms with Gasteiger partial charge in [0.05, 0.1) is 25.0 Å². The van der Waals surface area contributed by atoms with E-state index in [9.17, 15) is 5.26 Å². The SMILES string of the molecule is Cc1ccc(-c2csc(C3(C#N)COC3)n2)cc1. The van der Waals surface area contributed by atoms with Gasteiger partial charge in [-0.1, -0.05) is 29.8 Å². The van der Waals surface area contributed by atoms with E-state index in [-0.39, 0.29) is 0 Å². The standard InChI is InChI=1S/C14H12N2OS/c1-10-2-4-11(5-3-10)12-6-18-13(16-12)14(7-15)8-17-9-14/h2-6H,8-9H2,1H3. The lowest BCUT2D eigenvalue weighted by Crippen LogP contribution is -2.45. The Kier molecular flexibility index (Phi) is 2.66. The van der Waals surface area contributed by atoms with Gasteiger partial charge in [-0.2, -0.15) is 5.26 Å². The van der Waals surface area contributed by atoms with Crippen molar-refractivity contribution in [2.24, 2.45) is 0 Å². The highest BCUT2D eigenvalue weighted by molar-refractivity contribution is 7.10. The molecule has 1 aromatic heterocycles. The summed E-state index contributed by atoms with van der Waals surface area (Å²) < 4.78 is 5.16. The molecule has 1 aliphatic heterocycles. The zero-order chi connectivity index (χ0) is 12.6. The Morgan fingerprint density at radius 2 is 2.06 bits per heavy atom. The van der Waals surface area contributed by atoms with Crippen LogP contribution in [-0.4, -0.2) is 18.2 Å². The van der Waals surface area contributed by atoms with Crippen LogP contribution in [0.5, 0.6) is 0 Å². The fraction of sp³-hybridized carbons (Fsp3) is 0.286. The Morgan fingerprint density at radius 1 is 1.33 bits per heavy atom. The first-order chi connectivity index (χ1) is 8.73. The Labute approximate surface area is 110 Å². The molecule has 1 saturated heterocycles. The van der Waals surface area contributed by atoms with E-state index >= 15 is 0 Å². The minimum Gasteiger partial charge on any atom is -0.377 e.